The van der Waals surface area contributed by atoms with Gasteiger partial charge in [0.15, 0.2) is 0 Å². The van der Waals surface area contributed by atoms with Crippen molar-refractivity contribution in [3.05, 3.63) is 82.3 Å². The number of anilines is 1. The Balaban J connectivity index is 1.97. The third kappa shape index (κ3) is 6.40. The molecule has 0 aliphatic rings. The molecule has 0 bridgehead atoms. The Morgan fingerprint density at radius 2 is 1.66 bits per heavy atom. The number of carbonyl (C=O) groups excluding carboxylic acids is 1. The van der Waals surface area contributed by atoms with Crippen LogP contribution in [0.5, 0.6) is 11.5 Å². The van der Waals surface area contributed by atoms with Crippen molar-refractivity contribution >= 4 is 43.3 Å². The predicted molar refractivity (Wildman–Crippen MR) is 140 cm³/mol. The van der Waals surface area contributed by atoms with Gasteiger partial charge in [0.1, 0.15) is 18.0 Å². The van der Waals surface area contributed by atoms with Gasteiger partial charge in [-0.05, 0) is 55.8 Å². The fourth-order valence-corrected chi connectivity index (χ4v) is 4.88. The summed E-state index contributed by atoms with van der Waals surface area (Å²) >= 11 is 3.38. The Bertz CT molecular complexity index is 1320. The SMILES string of the molecule is COc1ccc(OC)c(N(CC(=O)N/N=C(/C)c2ccc(Br)cc2)S(=O)(=O)c2ccc(C)cc2)c1. The van der Waals surface area contributed by atoms with Crippen molar-refractivity contribution in [1.29, 1.82) is 0 Å². The molecule has 1 N–H and O–H groups in total. The number of amides is 1. The van der Waals surface area contributed by atoms with Gasteiger partial charge in [-0.2, -0.15) is 5.10 Å². The summed E-state index contributed by atoms with van der Waals surface area (Å²) in [5.41, 5.74) is 4.90. The fraction of sp³-hybridized carbons (Fsp3) is 0.200. The summed E-state index contributed by atoms with van der Waals surface area (Å²) in [6, 6.07) is 18.5. The van der Waals surface area contributed by atoms with Gasteiger partial charge >= 0.3 is 0 Å². The Labute approximate surface area is 213 Å². The summed E-state index contributed by atoms with van der Waals surface area (Å²) < 4.78 is 39.9. The van der Waals surface area contributed by atoms with Gasteiger partial charge in [-0.3, -0.25) is 9.10 Å². The quantitative estimate of drug-likeness (QED) is 0.307. The van der Waals surface area contributed by atoms with Crippen molar-refractivity contribution in [3.8, 4) is 11.5 Å². The first-order chi connectivity index (χ1) is 16.6. The molecule has 10 heteroatoms. The zero-order chi connectivity index (χ0) is 25.6. The van der Waals surface area contributed by atoms with Crippen LogP contribution in [0.1, 0.15) is 18.1 Å². The number of hydrogen-bond acceptors (Lipinski definition) is 6. The first-order valence-electron chi connectivity index (χ1n) is 10.6. The number of nitrogens with one attached hydrogen (secondary N) is 1. The monoisotopic (exact) mass is 559 g/mol. The van der Waals surface area contributed by atoms with E-state index >= 15 is 0 Å². The van der Waals surface area contributed by atoms with Gasteiger partial charge in [0.2, 0.25) is 0 Å². The minimum atomic E-state index is -4.14. The number of halogens is 1. The zero-order valence-electron chi connectivity index (χ0n) is 19.8. The molecule has 184 valence electrons. The standard InChI is InChI=1S/C25H26BrN3O5S/c1-17-5-12-22(13-6-17)35(31,32)29(23-15-21(33-3)11-14-24(23)34-4)16-25(30)28-27-18(2)19-7-9-20(26)10-8-19/h5-15H,16H2,1-4H3,(H,28,30)/b27-18-. The van der Waals surface area contributed by atoms with Crippen molar-refractivity contribution in [2.75, 3.05) is 25.1 Å². The Hall–Kier alpha value is -3.37. The van der Waals surface area contributed by atoms with Gasteiger partial charge in [0.25, 0.3) is 15.9 Å². The molecule has 0 unspecified atom stereocenters. The summed E-state index contributed by atoms with van der Waals surface area (Å²) in [6.45, 7) is 3.07. The molecule has 0 heterocycles. The summed E-state index contributed by atoms with van der Waals surface area (Å²) in [5, 5.41) is 4.14. The summed E-state index contributed by atoms with van der Waals surface area (Å²) in [4.78, 5) is 12.9. The fourth-order valence-electron chi connectivity index (χ4n) is 3.20. The van der Waals surface area contributed by atoms with Crippen LogP contribution >= 0.6 is 15.9 Å². The van der Waals surface area contributed by atoms with Gasteiger partial charge in [-0.25, -0.2) is 13.8 Å². The van der Waals surface area contributed by atoms with E-state index in [-0.39, 0.29) is 16.3 Å². The minimum absolute atomic E-state index is 0.0373. The number of carbonyl (C=O) groups is 1. The van der Waals surface area contributed by atoms with Crippen molar-refractivity contribution in [3.63, 3.8) is 0 Å². The lowest BCUT2D eigenvalue weighted by Crippen LogP contribution is -2.40. The molecule has 8 nitrogen and oxygen atoms in total. The van der Waals surface area contributed by atoms with E-state index in [1.54, 1.807) is 31.2 Å². The van der Waals surface area contributed by atoms with E-state index in [4.69, 9.17) is 9.47 Å². The molecule has 3 rings (SSSR count). The van der Waals surface area contributed by atoms with Crippen LogP contribution in [0.2, 0.25) is 0 Å². The Morgan fingerprint density at radius 3 is 2.26 bits per heavy atom. The topological polar surface area (TPSA) is 97.3 Å². The average molecular weight is 560 g/mol. The number of rotatable bonds is 9. The Kier molecular flexibility index (Phi) is 8.52. The lowest BCUT2D eigenvalue weighted by Gasteiger charge is -2.25. The molecule has 0 radical (unpaired) electrons. The van der Waals surface area contributed by atoms with Gasteiger partial charge in [-0.1, -0.05) is 45.8 Å². The maximum Gasteiger partial charge on any atom is 0.264 e. The second-order valence-corrected chi connectivity index (χ2v) is 10.4. The molecule has 0 saturated heterocycles. The van der Waals surface area contributed by atoms with E-state index < -0.39 is 22.5 Å². The number of sulfonamides is 1. The van der Waals surface area contributed by atoms with Crippen LogP contribution in [0.3, 0.4) is 0 Å². The van der Waals surface area contributed by atoms with Gasteiger partial charge < -0.3 is 9.47 Å². The van der Waals surface area contributed by atoms with Crippen LogP contribution in [0.4, 0.5) is 5.69 Å². The third-order valence-electron chi connectivity index (χ3n) is 5.16. The molecule has 0 spiro atoms. The summed E-state index contributed by atoms with van der Waals surface area (Å²) in [6.07, 6.45) is 0. The summed E-state index contributed by atoms with van der Waals surface area (Å²) in [7, 11) is -1.24. The second kappa shape index (κ2) is 11.4. The highest BCUT2D eigenvalue weighted by Crippen LogP contribution is 2.35. The van der Waals surface area contributed by atoms with Gasteiger partial charge in [-0.15, -0.1) is 0 Å². The number of hydrogen-bond donors (Lipinski definition) is 1. The number of benzene rings is 3. The van der Waals surface area contributed by atoms with E-state index in [1.807, 2.05) is 31.2 Å². The van der Waals surface area contributed by atoms with Crippen LogP contribution in [0.25, 0.3) is 0 Å². The first kappa shape index (κ1) is 26.2. The highest BCUT2D eigenvalue weighted by atomic mass is 79.9. The van der Waals surface area contributed by atoms with E-state index in [2.05, 4.69) is 26.5 Å². The molecule has 0 saturated carbocycles. The van der Waals surface area contributed by atoms with Gasteiger partial charge in [0.05, 0.1) is 30.5 Å². The van der Waals surface area contributed by atoms with Crippen molar-refractivity contribution < 1.29 is 22.7 Å². The molecular formula is C25H26BrN3O5S. The average Bonchev–Trinajstić information content (AvgIpc) is 2.86. The van der Waals surface area contributed by atoms with E-state index in [0.717, 1.165) is 19.9 Å². The number of hydrazone groups is 1. The van der Waals surface area contributed by atoms with Crippen LogP contribution in [0, 0.1) is 6.92 Å². The van der Waals surface area contributed by atoms with E-state index in [0.29, 0.717) is 11.5 Å². The third-order valence-corrected chi connectivity index (χ3v) is 7.46. The number of nitrogens with zero attached hydrogens (tertiary/aromatic N) is 2. The van der Waals surface area contributed by atoms with Crippen molar-refractivity contribution in [1.82, 2.24) is 5.43 Å². The number of methoxy groups -OCH3 is 2. The van der Waals surface area contributed by atoms with E-state index in [9.17, 15) is 13.2 Å². The van der Waals surface area contributed by atoms with Crippen LogP contribution in [-0.4, -0.2) is 40.8 Å². The molecular weight excluding hydrogens is 534 g/mol. The smallest absolute Gasteiger partial charge is 0.264 e. The molecule has 0 fully saturated rings. The zero-order valence-corrected chi connectivity index (χ0v) is 22.2. The van der Waals surface area contributed by atoms with Crippen molar-refractivity contribution in [2.45, 2.75) is 18.7 Å². The highest BCUT2D eigenvalue weighted by molar-refractivity contribution is 9.10. The Morgan fingerprint density at radius 1 is 1.00 bits per heavy atom. The predicted octanol–water partition coefficient (Wildman–Crippen LogP) is 4.51. The van der Waals surface area contributed by atoms with Crippen LogP contribution in [0.15, 0.2) is 81.2 Å². The molecule has 0 aliphatic heterocycles. The molecule has 3 aromatic carbocycles. The first-order valence-corrected chi connectivity index (χ1v) is 12.8. The molecule has 3 aromatic rings. The molecule has 35 heavy (non-hydrogen) atoms. The maximum atomic E-state index is 13.6. The largest absolute Gasteiger partial charge is 0.497 e. The number of aryl methyl sites for hydroxylation is 1. The molecule has 0 atom stereocenters. The van der Waals surface area contributed by atoms with Crippen LogP contribution in [-0.2, 0) is 14.8 Å². The highest BCUT2D eigenvalue weighted by Gasteiger charge is 2.30. The van der Waals surface area contributed by atoms with Crippen molar-refractivity contribution in [2.24, 2.45) is 5.10 Å². The summed E-state index contributed by atoms with van der Waals surface area (Å²) in [5.74, 6) is 0.0558. The second-order valence-electron chi connectivity index (χ2n) is 7.60. The number of ether oxygens (including phenoxy) is 2. The van der Waals surface area contributed by atoms with Gasteiger partial charge in [0, 0.05) is 10.5 Å². The maximum absolute atomic E-state index is 13.6. The molecule has 1 amide bonds. The lowest BCUT2D eigenvalue weighted by molar-refractivity contribution is -0.119. The minimum Gasteiger partial charge on any atom is -0.497 e. The normalized spacial score (nSPS) is 11.6. The van der Waals surface area contributed by atoms with Crippen LogP contribution < -0.4 is 19.2 Å². The molecule has 0 aliphatic carbocycles. The molecule has 0 aromatic heterocycles. The lowest BCUT2D eigenvalue weighted by atomic mass is 10.1. The van der Waals surface area contributed by atoms with E-state index in [1.165, 1.54) is 32.4 Å².